The van der Waals surface area contributed by atoms with E-state index in [4.69, 9.17) is 21.8 Å². The molecule has 0 fully saturated rings. The summed E-state index contributed by atoms with van der Waals surface area (Å²) in [5, 5.41) is 9.50. The molecule has 0 atom stereocenters. The zero-order chi connectivity index (χ0) is 22.9. The lowest BCUT2D eigenvalue weighted by Crippen LogP contribution is -2.39. The minimum Gasteiger partial charge on any atom is -0.326 e. The number of sulfonamides is 1. The number of nitriles is 1. The molecule has 2 aromatic carbocycles. The van der Waals surface area contributed by atoms with Crippen molar-refractivity contribution < 1.29 is 13.2 Å². The molecule has 10 heteroatoms. The number of hydrogen-bond acceptors (Lipinski definition) is 5. The standard InChI is InChI=1S/C22H22ClN5O3S/c1-32(30,31)26-13-16-6-2-3-7-19(16)28(22(29)15-26)14-21-25-18-12-17(23)8-9-20(18)27(21)11-5-4-10-24/h2-3,6-9,12H,4-5,11,13-15H2,1H3. The molecule has 1 aromatic heterocycles. The lowest BCUT2D eigenvalue weighted by atomic mass is 10.1. The van der Waals surface area contributed by atoms with Crippen molar-refractivity contribution in [3.8, 4) is 6.07 Å². The summed E-state index contributed by atoms with van der Waals surface area (Å²) in [7, 11) is -3.55. The van der Waals surface area contributed by atoms with Gasteiger partial charge in [0.25, 0.3) is 0 Å². The van der Waals surface area contributed by atoms with E-state index < -0.39 is 10.0 Å². The van der Waals surface area contributed by atoms with E-state index in [0.29, 0.717) is 41.4 Å². The average Bonchev–Trinajstić information content (AvgIpc) is 2.99. The van der Waals surface area contributed by atoms with Crippen LogP contribution in [0.3, 0.4) is 0 Å². The lowest BCUT2D eigenvalue weighted by Gasteiger charge is -2.23. The van der Waals surface area contributed by atoms with E-state index in [0.717, 1.165) is 17.3 Å². The first-order valence-electron chi connectivity index (χ1n) is 10.1. The summed E-state index contributed by atoms with van der Waals surface area (Å²) in [5.74, 6) is 0.324. The first kappa shape index (κ1) is 22.3. The van der Waals surface area contributed by atoms with Gasteiger partial charge in [0.15, 0.2) is 0 Å². The second-order valence-electron chi connectivity index (χ2n) is 7.71. The van der Waals surface area contributed by atoms with Crippen LogP contribution >= 0.6 is 11.6 Å². The van der Waals surface area contributed by atoms with Crippen molar-refractivity contribution in [2.24, 2.45) is 0 Å². The van der Waals surface area contributed by atoms with Crippen molar-refractivity contribution in [1.82, 2.24) is 13.9 Å². The Hall–Kier alpha value is -2.93. The van der Waals surface area contributed by atoms with Crippen LogP contribution in [0.5, 0.6) is 0 Å². The Morgan fingerprint density at radius 3 is 2.72 bits per heavy atom. The summed E-state index contributed by atoms with van der Waals surface area (Å²) >= 11 is 6.15. The SMILES string of the molecule is CS(=O)(=O)N1CC(=O)N(Cc2nc3cc(Cl)ccc3n2CCCC#N)c2ccccc2C1. The zero-order valence-corrected chi connectivity index (χ0v) is 19.1. The van der Waals surface area contributed by atoms with Gasteiger partial charge in [-0.05, 0) is 36.2 Å². The molecule has 8 nitrogen and oxygen atoms in total. The number of benzene rings is 2. The molecule has 0 saturated heterocycles. The third-order valence-electron chi connectivity index (χ3n) is 5.47. The van der Waals surface area contributed by atoms with Gasteiger partial charge in [0, 0.05) is 30.2 Å². The van der Waals surface area contributed by atoms with Crippen molar-refractivity contribution >= 4 is 44.3 Å². The molecule has 2 heterocycles. The largest absolute Gasteiger partial charge is 0.326 e. The number of anilines is 1. The fraction of sp³-hybridized carbons (Fsp3) is 0.318. The molecule has 32 heavy (non-hydrogen) atoms. The lowest BCUT2D eigenvalue weighted by molar-refractivity contribution is -0.118. The Morgan fingerprint density at radius 2 is 1.97 bits per heavy atom. The van der Waals surface area contributed by atoms with Crippen molar-refractivity contribution in [1.29, 1.82) is 5.26 Å². The predicted molar refractivity (Wildman–Crippen MR) is 122 cm³/mol. The number of halogens is 1. The van der Waals surface area contributed by atoms with Gasteiger partial charge in [-0.3, -0.25) is 4.79 Å². The van der Waals surface area contributed by atoms with E-state index in [2.05, 4.69) is 6.07 Å². The average molecular weight is 472 g/mol. The molecule has 0 bridgehead atoms. The van der Waals surface area contributed by atoms with Crippen LogP contribution < -0.4 is 4.90 Å². The highest BCUT2D eigenvalue weighted by Crippen LogP contribution is 2.29. The van der Waals surface area contributed by atoms with Crippen LogP contribution in [-0.4, -0.2) is 41.0 Å². The molecule has 0 unspecified atom stereocenters. The number of carbonyl (C=O) groups is 1. The number of hydrogen-bond donors (Lipinski definition) is 0. The summed E-state index contributed by atoms with van der Waals surface area (Å²) in [6, 6.07) is 14.9. The van der Waals surface area contributed by atoms with Crippen molar-refractivity contribution in [2.75, 3.05) is 17.7 Å². The second kappa shape index (κ2) is 8.90. The maximum Gasteiger partial charge on any atom is 0.242 e. The van der Waals surface area contributed by atoms with E-state index in [1.165, 1.54) is 4.31 Å². The molecule has 1 aliphatic heterocycles. The molecule has 0 spiro atoms. The summed E-state index contributed by atoms with van der Waals surface area (Å²) in [5.41, 5.74) is 2.99. The van der Waals surface area contributed by atoms with Gasteiger partial charge in [-0.2, -0.15) is 9.57 Å². The van der Waals surface area contributed by atoms with Gasteiger partial charge >= 0.3 is 0 Å². The maximum atomic E-state index is 13.2. The molecule has 0 N–H and O–H groups in total. The molecular formula is C22H22ClN5O3S. The maximum absolute atomic E-state index is 13.2. The Morgan fingerprint density at radius 1 is 1.19 bits per heavy atom. The molecule has 3 aromatic rings. The van der Waals surface area contributed by atoms with Crippen LogP contribution in [-0.2, 0) is 34.5 Å². The molecule has 1 aliphatic rings. The third-order valence-corrected chi connectivity index (χ3v) is 6.90. The van der Waals surface area contributed by atoms with Crippen LogP contribution in [0.4, 0.5) is 5.69 Å². The van der Waals surface area contributed by atoms with Gasteiger partial charge in [0.2, 0.25) is 15.9 Å². The molecule has 4 rings (SSSR count). The topological polar surface area (TPSA) is 99.3 Å². The van der Waals surface area contributed by atoms with Gasteiger partial charge in [0.1, 0.15) is 5.82 Å². The number of unbranched alkanes of at least 4 members (excludes halogenated alkanes) is 1. The fourth-order valence-electron chi connectivity index (χ4n) is 3.91. The molecule has 0 saturated carbocycles. The first-order valence-corrected chi connectivity index (χ1v) is 12.4. The molecule has 166 valence electrons. The third kappa shape index (κ3) is 4.48. The minimum atomic E-state index is -3.55. The van der Waals surface area contributed by atoms with E-state index >= 15 is 0 Å². The normalized spacial score (nSPS) is 14.9. The van der Waals surface area contributed by atoms with Crippen LogP contribution in [0.2, 0.25) is 5.02 Å². The Bertz CT molecular complexity index is 1330. The highest BCUT2D eigenvalue weighted by Gasteiger charge is 2.31. The molecule has 0 radical (unpaired) electrons. The molecule has 0 aliphatic carbocycles. The number of rotatable bonds is 6. The highest BCUT2D eigenvalue weighted by molar-refractivity contribution is 7.88. The quantitative estimate of drug-likeness (QED) is 0.513. The zero-order valence-electron chi connectivity index (χ0n) is 17.5. The first-order chi connectivity index (χ1) is 15.3. The van der Waals surface area contributed by atoms with Gasteiger partial charge in [-0.1, -0.05) is 29.8 Å². The summed E-state index contributed by atoms with van der Waals surface area (Å²) in [4.78, 5) is 19.5. The Kier molecular flexibility index (Phi) is 6.20. The van der Waals surface area contributed by atoms with Crippen LogP contribution in [0.25, 0.3) is 11.0 Å². The number of imidazole rings is 1. The number of para-hydroxylation sites is 1. The van der Waals surface area contributed by atoms with Crippen LogP contribution in [0, 0.1) is 11.3 Å². The molecular weight excluding hydrogens is 450 g/mol. The summed E-state index contributed by atoms with van der Waals surface area (Å²) in [6.07, 6.45) is 2.16. The van der Waals surface area contributed by atoms with Gasteiger partial charge in [-0.25, -0.2) is 13.4 Å². The minimum absolute atomic E-state index is 0.130. The summed E-state index contributed by atoms with van der Waals surface area (Å²) in [6.45, 7) is 0.631. The highest BCUT2D eigenvalue weighted by atomic mass is 35.5. The van der Waals surface area contributed by atoms with E-state index in [9.17, 15) is 13.2 Å². The summed E-state index contributed by atoms with van der Waals surface area (Å²) < 4.78 is 27.6. The number of amides is 1. The van der Waals surface area contributed by atoms with Crippen molar-refractivity contribution in [3.05, 3.63) is 58.9 Å². The Balaban J connectivity index is 1.77. The predicted octanol–water partition coefficient (Wildman–Crippen LogP) is 3.30. The van der Waals surface area contributed by atoms with Crippen molar-refractivity contribution in [2.45, 2.75) is 32.5 Å². The van der Waals surface area contributed by atoms with E-state index in [1.54, 1.807) is 17.0 Å². The second-order valence-corrected chi connectivity index (χ2v) is 10.1. The number of aryl methyl sites for hydroxylation is 1. The van der Waals surface area contributed by atoms with Gasteiger partial charge in [-0.15, -0.1) is 0 Å². The Labute approximate surface area is 191 Å². The van der Waals surface area contributed by atoms with Crippen LogP contribution in [0.15, 0.2) is 42.5 Å². The fourth-order valence-corrected chi connectivity index (χ4v) is 4.80. The number of nitrogens with zero attached hydrogens (tertiary/aromatic N) is 5. The smallest absolute Gasteiger partial charge is 0.242 e. The number of fused-ring (bicyclic) bond motifs is 2. The van der Waals surface area contributed by atoms with Gasteiger partial charge in [0.05, 0.1) is 36.4 Å². The van der Waals surface area contributed by atoms with E-state index in [1.807, 2.05) is 34.9 Å². The monoisotopic (exact) mass is 471 g/mol. The number of carbonyl (C=O) groups excluding carboxylic acids is 1. The number of aromatic nitrogens is 2. The van der Waals surface area contributed by atoms with Gasteiger partial charge < -0.3 is 9.47 Å². The molecule has 1 amide bonds. The van der Waals surface area contributed by atoms with Crippen LogP contribution in [0.1, 0.15) is 24.2 Å². The van der Waals surface area contributed by atoms with Crippen molar-refractivity contribution in [3.63, 3.8) is 0 Å². The van der Waals surface area contributed by atoms with E-state index in [-0.39, 0.29) is 25.5 Å².